The van der Waals surface area contributed by atoms with Gasteiger partial charge in [0, 0.05) is 12.8 Å². The summed E-state index contributed by atoms with van der Waals surface area (Å²) in [6.45, 7) is 4.73. The number of ether oxygens (including phenoxy) is 4. The maximum atomic E-state index is 12.8. The van der Waals surface area contributed by atoms with E-state index in [-0.39, 0.29) is 32.2 Å². The third kappa shape index (κ3) is 55.5. The first-order chi connectivity index (χ1) is 35.6. The molecule has 0 aromatic rings. The van der Waals surface area contributed by atoms with E-state index in [4.69, 9.17) is 18.9 Å². The molecule has 0 amide bonds. The minimum atomic E-state index is -1.51. The molecule has 0 rings (SSSR count). The second-order valence-electron chi connectivity index (χ2n) is 20.2. The minimum Gasteiger partial charge on any atom is -0.477 e. The van der Waals surface area contributed by atoms with Crippen LogP contribution in [0.2, 0.25) is 0 Å². The van der Waals surface area contributed by atoms with Crippen molar-refractivity contribution in [2.45, 2.75) is 232 Å². The molecule has 0 radical (unpaired) electrons. The van der Waals surface area contributed by atoms with Crippen molar-refractivity contribution in [3.05, 3.63) is 109 Å². The van der Waals surface area contributed by atoms with Crippen LogP contribution in [-0.2, 0) is 33.3 Å². The third-order valence-corrected chi connectivity index (χ3v) is 12.0. The van der Waals surface area contributed by atoms with Gasteiger partial charge < -0.3 is 28.5 Å². The summed E-state index contributed by atoms with van der Waals surface area (Å²) in [5.74, 6) is -2.02. The topological polar surface area (TPSA) is 108 Å². The molecular formula is C64H108NO8+. The van der Waals surface area contributed by atoms with Crippen LogP contribution in [0.15, 0.2) is 109 Å². The number of hydrogen-bond acceptors (Lipinski definition) is 7. The fourth-order valence-electron chi connectivity index (χ4n) is 7.59. The number of aliphatic carboxylic acids is 1. The molecule has 9 heteroatoms. The molecule has 0 aromatic heterocycles. The predicted octanol–water partition coefficient (Wildman–Crippen LogP) is 17.1. The highest BCUT2D eigenvalue weighted by atomic mass is 16.7. The zero-order valence-corrected chi connectivity index (χ0v) is 47.3. The van der Waals surface area contributed by atoms with E-state index in [0.29, 0.717) is 23.9 Å². The van der Waals surface area contributed by atoms with Gasteiger partial charge >= 0.3 is 17.9 Å². The number of esters is 2. The van der Waals surface area contributed by atoms with E-state index in [0.717, 1.165) is 103 Å². The molecule has 73 heavy (non-hydrogen) atoms. The second-order valence-corrected chi connectivity index (χ2v) is 20.2. The van der Waals surface area contributed by atoms with Crippen molar-refractivity contribution in [3.8, 4) is 0 Å². The van der Waals surface area contributed by atoms with Gasteiger partial charge in [-0.05, 0) is 83.5 Å². The number of carboxylic acid groups (broad SMARTS) is 1. The lowest BCUT2D eigenvalue weighted by molar-refractivity contribution is -0.870. The van der Waals surface area contributed by atoms with Crippen LogP contribution in [0.4, 0.5) is 0 Å². The molecule has 9 nitrogen and oxygen atoms in total. The SMILES string of the molecule is CC/C=C\C/C=C\C/C=C\C/C=C\C/C=C\C/C=C\C/C=C\C/C=C\C/C=C\CCCCCCCCCCCC(=O)OC(COC(=O)CCCCCCCCCCCCC)COC(OCC[N+](C)(C)C)C(=O)O. The molecule has 0 heterocycles. The van der Waals surface area contributed by atoms with E-state index in [2.05, 4.69) is 123 Å². The molecule has 0 saturated carbocycles. The molecule has 0 aliphatic carbocycles. The Morgan fingerprint density at radius 2 is 0.781 bits per heavy atom. The van der Waals surface area contributed by atoms with Gasteiger partial charge in [0.05, 0.1) is 34.4 Å². The molecule has 0 aromatic carbocycles. The van der Waals surface area contributed by atoms with Gasteiger partial charge in [0.25, 0.3) is 6.29 Å². The standard InChI is InChI=1S/C64H107NO8/c1-6-8-10-12-14-16-18-19-20-21-22-23-24-25-26-27-28-29-30-31-32-33-34-35-36-37-38-39-40-41-42-43-45-47-49-51-53-55-62(67)73-60(59-72-64(63(68)69)70-57-56-65(3,4)5)58-71-61(66)54-52-50-48-46-44-17-15-13-11-9-7-2/h8,10,14,16,19-20,22-23,25-26,28-29,31-32,34-35,37-38,60,64H,6-7,9,11-13,15,17-18,21,24,27,30,33,36,39-59H2,1-5H3/p+1/b10-8-,16-14-,20-19-,23-22-,26-25-,29-28-,32-31-,35-34-,38-37-. The highest BCUT2D eigenvalue weighted by Gasteiger charge is 2.25. The van der Waals surface area contributed by atoms with Crippen molar-refractivity contribution < 1.29 is 42.9 Å². The molecule has 0 saturated heterocycles. The van der Waals surface area contributed by atoms with Crippen LogP contribution in [0.1, 0.15) is 219 Å². The zero-order valence-electron chi connectivity index (χ0n) is 47.3. The number of hydrogen-bond donors (Lipinski definition) is 1. The van der Waals surface area contributed by atoms with E-state index in [1.54, 1.807) is 0 Å². The largest absolute Gasteiger partial charge is 0.477 e. The molecule has 0 bridgehead atoms. The fraction of sp³-hybridized carbons (Fsp3) is 0.672. The third-order valence-electron chi connectivity index (χ3n) is 12.0. The van der Waals surface area contributed by atoms with Crippen molar-refractivity contribution in [1.82, 2.24) is 0 Å². The maximum absolute atomic E-state index is 12.8. The van der Waals surface area contributed by atoms with Gasteiger partial charge in [0.2, 0.25) is 0 Å². The number of carbonyl (C=O) groups excluding carboxylic acids is 2. The van der Waals surface area contributed by atoms with Gasteiger partial charge in [0.15, 0.2) is 6.10 Å². The highest BCUT2D eigenvalue weighted by Crippen LogP contribution is 2.15. The quantitative estimate of drug-likeness (QED) is 0.0211. The number of allylic oxidation sites excluding steroid dienone is 18. The van der Waals surface area contributed by atoms with Crippen molar-refractivity contribution in [1.29, 1.82) is 0 Å². The van der Waals surface area contributed by atoms with Gasteiger partial charge in [0.1, 0.15) is 13.2 Å². The van der Waals surface area contributed by atoms with Gasteiger partial charge in [-0.3, -0.25) is 9.59 Å². The van der Waals surface area contributed by atoms with Gasteiger partial charge in [-0.25, -0.2) is 4.79 Å². The molecular weight excluding hydrogens is 911 g/mol. The smallest absolute Gasteiger partial charge is 0.361 e. The molecule has 2 atom stereocenters. The first-order valence-corrected chi connectivity index (χ1v) is 29.1. The Balaban J connectivity index is 4.15. The average molecular weight is 1020 g/mol. The number of rotatable bonds is 52. The van der Waals surface area contributed by atoms with Crippen molar-refractivity contribution in [2.24, 2.45) is 0 Å². The normalized spacial score (nSPS) is 13.6. The van der Waals surface area contributed by atoms with Crippen LogP contribution in [0.5, 0.6) is 0 Å². The average Bonchev–Trinajstić information content (AvgIpc) is 3.36. The van der Waals surface area contributed by atoms with Crippen molar-refractivity contribution >= 4 is 17.9 Å². The second kappa shape index (κ2) is 54.2. The summed E-state index contributed by atoms with van der Waals surface area (Å²) in [5, 5.41) is 9.67. The Morgan fingerprint density at radius 3 is 1.16 bits per heavy atom. The Hall–Kier alpha value is -4.05. The van der Waals surface area contributed by atoms with E-state index >= 15 is 0 Å². The number of carbonyl (C=O) groups is 3. The summed E-state index contributed by atoms with van der Waals surface area (Å²) in [5.41, 5.74) is 0. The molecule has 0 aliphatic heterocycles. The van der Waals surface area contributed by atoms with Crippen LogP contribution in [0.25, 0.3) is 0 Å². The molecule has 416 valence electrons. The van der Waals surface area contributed by atoms with E-state index in [9.17, 15) is 19.5 Å². The molecule has 0 spiro atoms. The molecule has 0 aliphatic rings. The van der Waals surface area contributed by atoms with E-state index in [1.165, 1.54) is 83.5 Å². The molecule has 1 N–H and O–H groups in total. The number of nitrogens with zero attached hydrogens (tertiary/aromatic N) is 1. The van der Waals surface area contributed by atoms with Crippen molar-refractivity contribution in [2.75, 3.05) is 47.5 Å². The predicted molar refractivity (Wildman–Crippen MR) is 308 cm³/mol. The Morgan fingerprint density at radius 1 is 0.425 bits per heavy atom. The lowest BCUT2D eigenvalue weighted by Gasteiger charge is -2.25. The number of carboxylic acids is 1. The Labute approximate surface area is 447 Å². The fourth-order valence-corrected chi connectivity index (χ4v) is 7.59. The summed E-state index contributed by atoms with van der Waals surface area (Å²) < 4.78 is 22.8. The van der Waals surface area contributed by atoms with Crippen LogP contribution in [0, 0.1) is 0 Å². The lowest BCUT2D eigenvalue weighted by atomic mass is 10.1. The monoisotopic (exact) mass is 1020 g/mol. The zero-order chi connectivity index (χ0) is 53.4. The van der Waals surface area contributed by atoms with E-state index < -0.39 is 24.3 Å². The van der Waals surface area contributed by atoms with Crippen LogP contribution in [0.3, 0.4) is 0 Å². The van der Waals surface area contributed by atoms with E-state index in [1.807, 2.05) is 21.1 Å². The maximum Gasteiger partial charge on any atom is 0.361 e. The first kappa shape index (κ1) is 69.0. The summed E-state index contributed by atoms with van der Waals surface area (Å²) >= 11 is 0. The number of quaternary nitrogens is 1. The molecule has 0 fully saturated rings. The Bertz CT molecular complexity index is 1560. The van der Waals surface area contributed by atoms with Crippen LogP contribution >= 0.6 is 0 Å². The summed E-state index contributed by atoms with van der Waals surface area (Å²) in [6, 6.07) is 0. The van der Waals surface area contributed by atoms with Gasteiger partial charge in [-0.2, -0.15) is 0 Å². The summed E-state index contributed by atoms with van der Waals surface area (Å²) in [7, 11) is 5.95. The lowest BCUT2D eigenvalue weighted by Crippen LogP contribution is -2.40. The summed E-state index contributed by atoms with van der Waals surface area (Å²) in [4.78, 5) is 37.3. The van der Waals surface area contributed by atoms with Gasteiger partial charge in [-0.15, -0.1) is 0 Å². The van der Waals surface area contributed by atoms with Crippen LogP contribution < -0.4 is 0 Å². The number of unbranched alkanes of at least 4 members (excludes halogenated alkanes) is 19. The van der Waals surface area contributed by atoms with Crippen LogP contribution in [-0.4, -0.2) is 87.4 Å². The highest BCUT2D eigenvalue weighted by molar-refractivity contribution is 5.71. The number of likely N-dealkylation sites (N-methyl/N-ethyl adjacent to an activating group) is 1. The van der Waals surface area contributed by atoms with Crippen molar-refractivity contribution in [3.63, 3.8) is 0 Å². The minimum absolute atomic E-state index is 0.183. The first-order valence-electron chi connectivity index (χ1n) is 29.1. The summed E-state index contributed by atoms with van der Waals surface area (Å²) in [6.07, 6.45) is 71.8. The van der Waals surface area contributed by atoms with Gasteiger partial charge in [-0.1, -0.05) is 232 Å². The molecule has 2 unspecified atom stereocenters. The Kier molecular flexibility index (Phi) is 51.2.